The van der Waals surface area contributed by atoms with E-state index in [1.165, 1.54) is 19.5 Å². The van der Waals surface area contributed by atoms with E-state index in [-0.39, 0.29) is 0 Å². The molecule has 0 atom stereocenters. The average Bonchev–Trinajstić information content (AvgIpc) is 1.78. The van der Waals surface area contributed by atoms with Gasteiger partial charge in [0.2, 0.25) is 0 Å². The maximum Gasteiger partial charge on any atom is 0.0431 e. The van der Waals surface area contributed by atoms with Crippen LogP contribution < -0.4 is 0 Å². The number of likely N-dealkylation sites (tertiary alicyclic amines) is 1. The van der Waals surface area contributed by atoms with E-state index in [4.69, 9.17) is 5.11 Å². The normalized spacial score (nSPS) is 22.0. The highest BCUT2D eigenvalue weighted by Crippen LogP contribution is 2.17. The molecule has 0 aromatic rings. The lowest BCUT2D eigenvalue weighted by atomic mass is 9.96. The summed E-state index contributed by atoms with van der Waals surface area (Å²) in [5, 5.41) is 8.49. The van der Waals surface area contributed by atoms with E-state index in [0.29, 0.717) is 6.61 Å². The van der Waals surface area contributed by atoms with E-state index in [9.17, 15) is 0 Å². The average molecular weight is 129 g/mol. The second-order valence-electron chi connectivity index (χ2n) is 2.95. The SMILES string of the molecule is CN1CC(CCCO)C1. The Morgan fingerprint density at radius 3 is 2.67 bits per heavy atom. The molecule has 0 radical (unpaired) electrons. The molecule has 0 aromatic heterocycles. The fourth-order valence-electron chi connectivity index (χ4n) is 1.39. The minimum atomic E-state index is 0.361. The Hall–Kier alpha value is -0.0800. The van der Waals surface area contributed by atoms with Crippen molar-refractivity contribution in [1.82, 2.24) is 4.90 Å². The van der Waals surface area contributed by atoms with Crippen LogP contribution in [0.3, 0.4) is 0 Å². The van der Waals surface area contributed by atoms with Crippen LogP contribution in [0.25, 0.3) is 0 Å². The molecule has 1 aliphatic heterocycles. The van der Waals surface area contributed by atoms with Gasteiger partial charge in [0.1, 0.15) is 0 Å². The van der Waals surface area contributed by atoms with Crippen LogP contribution in [0.2, 0.25) is 0 Å². The van der Waals surface area contributed by atoms with Crippen LogP contribution >= 0.6 is 0 Å². The first kappa shape index (κ1) is 7.03. The molecular formula is C7H15NO. The number of aliphatic hydroxyl groups is 1. The van der Waals surface area contributed by atoms with Gasteiger partial charge in [0.15, 0.2) is 0 Å². The van der Waals surface area contributed by atoms with Gasteiger partial charge in [-0.3, -0.25) is 0 Å². The molecule has 2 heteroatoms. The second kappa shape index (κ2) is 3.18. The van der Waals surface area contributed by atoms with Gasteiger partial charge < -0.3 is 10.0 Å². The third-order valence-corrected chi connectivity index (χ3v) is 1.91. The molecule has 0 bridgehead atoms. The largest absolute Gasteiger partial charge is 0.396 e. The predicted octanol–water partition coefficient (Wildman–Crippen LogP) is 0.321. The van der Waals surface area contributed by atoms with E-state index < -0.39 is 0 Å². The molecule has 9 heavy (non-hydrogen) atoms. The van der Waals surface area contributed by atoms with Gasteiger partial charge >= 0.3 is 0 Å². The molecule has 0 amide bonds. The highest BCUT2D eigenvalue weighted by Gasteiger charge is 2.21. The van der Waals surface area contributed by atoms with Gasteiger partial charge in [-0.1, -0.05) is 0 Å². The molecule has 1 N–H and O–H groups in total. The van der Waals surface area contributed by atoms with Crippen molar-refractivity contribution in [3.8, 4) is 0 Å². The molecule has 1 heterocycles. The summed E-state index contributed by atoms with van der Waals surface area (Å²) in [6.45, 7) is 2.83. The monoisotopic (exact) mass is 129 g/mol. The Kier molecular flexibility index (Phi) is 2.49. The smallest absolute Gasteiger partial charge is 0.0431 e. The van der Waals surface area contributed by atoms with Crippen LogP contribution in [-0.4, -0.2) is 36.8 Å². The molecule has 1 saturated heterocycles. The summed E-state index contributed by atoms with van der Waals surface area (Å²) in [5.74, 6) is 0.877. The minimum absolute atomic E-state index is 0.361. The third kappa shape index (κ3) is 1.95. The summed E-state index contributed by atoms with van der Waals surface area (Å²) >= 11 is 0. The van der Waals surface area contributed by atoms with E-state index in [1.807, 2.05) is 0 Å². The lowest BCUT2D eigenvalue weighted by Gasteiger charge is -2.36. The topological polar surface area (TPSA) is 23.5 Å². The highest BCUT2D eigenvalue weighted by molar-refractivity contribution is 4.75. The lowest BCUT2D eigenvalue weighted by molar-refractivity contribution is 0.118. The number of hydrogen-bond donors (Lipinski definition) is 1. The summed E-state index contributed by atoms with van der Waals surface area (Å²) in [6.07, 6.45) is 2.19. The first-order valence-corrected chi connectivity index (χ1v) is 3.62. The number of nitrogens with zero attached hydrogens (tertiary/aromatic N) is 1. The quantitative estimate of drug-likeness (QED) is 0.593. The van der Waals surface area contributed by atoms with Crippen molar-refractivity contribution >= 4 is 0 Å². The van der Waals surface area contributed by atoms with Crippen molar-refractivity contribution in [3.63, 3.8) is 0 Å². The Labute approximate surface area is 56.5 Å². The van der Waals surface area contributed by atoms with Gasteiger partial charge in [0.05, 0.1) is 0 Å². The van der Waals surface area contributed by atoms with Gasteiger partial charge in [0, 0.05) is 19.7 Å². The van der Waals surface area contributed by atoms with Crippen molar-refractivity contribution in [3.05, 3.63) is 0 Å². The molecular weight excluding hydrogens is 114 g/mol. The van der Waals surface area contributed by atoms with Crippen LogP contribution in [0, 0.1) is 5.92 Å². The molecule has 1 rings (SSSR count). The Bertz CT molecular complexity index is 79.0. The number of hydrogen-bond acceptors (Lipinski definition) is 2. The first-order chi connectivity index (χ1) is 4.33. The molecule has 0 spiro atoms. The van der Waals surface area contributed by atoms with Crippen LogP contribution in [0.15, 0.2) is 0 Å². The molecule has 1 fully saturated rings. The predicted molar refractivity (Wildman–Crippen MR) is 37.3 cm³/mol. The molecule has 0 saturated carbocycles. The molecule has 54 valence electrons. The summed E-state index contributed by atoms with van der Waals surface area (Å²) in [4.78, 5) is 2.31. The maximum atomic E-state index is 8.49. The second-order valence-corrected chi connectivity index (χ2v) is 2.95. The zero-order valence-electron chi connectivity index (χ0n) is 6.01. The molecule has 1 aliphatic rings. The van der Waals surface area contributed by atoms with Gasteiger partial charge in [-0.05, 0) is 25.8 Å². The zero-order valence-corrected chi connectivity index (χ0v) is 6.01. The summed E-state index contributed by atoms with van der Waals surface area (Å²) < 4.78 is 0. The van der Waals surface area contributed by atoms with Gasteiger partial charge in [-0.2, -0.15) is 0 Å². The van der Waals surface area contributed by atoms with Crippen LogP contribution in [0.5, 0.6) is 0 Å². The third-order valence-electron chi connectivity index (χ3n) is 1.91. The van der Waals surface area contributed by atoms with Crippen molar-refractivity contribution < 1.29 is 5.11 Å². The maximum absolute atomic E-state index is 8.49. The molecule has 0 aromatic carbocycles. The van der Waals surface area contributed by atoms with E-state index in [1.54, 1.807) is 0 Å². The van der Waals surface area contributed by atoms with Crippen molar-refractivity contribution in [1.29, 1.82) is 0 Å². The molecule has 0 unspecified atom stereocenters. The standard InChI is InChI=1S/C7H15NO/c1-8-5-7(6-8)3-2-4-9/h7,9H,2-6H2,1H3. The van der Waals surface area contributed by atoms with Gasteiger partial charge in [-0.15, -0.1) is 0 Å². The highest BCUT2D eigenvalue weighted by atomic mass is 16.2. The molecule has 0 aliphatic carbocycles. The van der Waals surface area contributed by atoms with Gasteiger partial charge in [0.25, 0.3) is 0 Å². The number of rotatable bonds is 3. The minimum Gasteiger partial charge on any atom is -0.396 e. The van der Waals surface area contributed by atoms with Crippen molar-refractivity contribution in [2.24, 2.45) is 5.92 Å². The zero-order chi connectivity index (χ0) is 6.69. The Morgan fingerprint density at radius 1 is 1.56 bits per heavy atom. The van der Waals surface area contributed by atoms with E-state index >= 15 is 0 Å². The van der Waals surface area contributed by atoms with Crippen molar-refractivity contribution in [2.45, 2.75) is 12.8 Å². The summed E-state index contributed by atoms with van der Waals surface area (Å²) in [7, 11) is 2.13. The van der Waals surface area contributed by atoms with E-state index in [2.05, 4.69) is 11.9 Å². The fraction of sp³-hybridized carbons (Fsp3) is 1.00. The summed E-state index contributed by atoms with van der Waals surface area (Å²) in [6, 6.07) is 0. The van der Waals surface area contributed by atoms with Crippen LogP contribution in [0.4, 0.5) is 0 Å². The summed E-state index contributed by atoms with van der Waals surface area (Å²) in [5.41, 5.74) is 0. The lowest BCUT2D eigenvalue weighted by Crippen LogP contribution is -2.43. The fourth-order valence-corrected chi connectivity index (χ4v) is 1.39. The van der Waals surface area contributed by atoms with Crippen LogP contribution in [0.1, 0.15) is 12.8 Å². The van der Waals surface area contributed by atoms with Gasteiger partial charge in [-0.25, -0.2) is 0 Å². The Balaban J connectivity index is 1.91. The first-order valence-electron chi connectivity index (χ1n) is 3.62. The van der Waals surface area contributed by atoms with Crippen molar-refractivity contribution in [2.75, 3.05) is 26.7 Å². The van der Waals surface area contributed by atoms with Crippen LogP contribution in [-0.2, 0) is 0 Å². The number of aliphatic hydroxyl groups excluding tert-OH is 1. The molecule has 2 nitrogen and oxygen atoms in total. The Morgan fingerprint density at radius 2 is 2.22 bits per heavy atom. The van der Waals surface area contributed by atoms with E-state index in [0.717, 1.165) is 12.3 Å².